The van der Waals surface area contributed by atoms with Gasteiger partial charge in [0.15, 0.2) is 0 Å². The maximum absolute atomic E-state index is 11.8. The highest BCUT2D eigenvalue weighted by Gasteiger charge is 2.20. The predicted octanol–water partition coefficient (Wildman–Crippen LogP) is 2.29. The van der Waals surface area contributed by atoms with Crippen molar-refractivity contribution in [3.8, 4) is 0 Å². The van der Waals surface area contributed by atoms with Crippen LogP contribution in [-0.2, 0) is 16.0 Å². The number of carbonyl (C=O) groups is 2. The lowest BCUT2D eigenvalue weighted by Gasteiger charge is -2.18. The number of benzene rings is 1. The molecule has 4 heteroatoms. The minimum atomic E-state index is -0.879. The fourth-order valence-corrected chi connectivity index (χ4v) is 1.94. The first-order valence-electron chi connectivity index (χ1n) is 6.44. The molecule has 0 heterocycles. The molecule has 0 saturated heterocycles. The summed E-state index contributed by atoms with van der Waals surface area (Å²) in [5.74, 6) is -1.19. The molecule has 0 radical (unpaired) electrons. The van der Waals surface area contributed by atoms with Gasteiger partial charge in [-0.15, -0.1) is 0 Å². The van der Waals surface area contributed by atoms with E-state index in [1.807, 2.05) is 24.3 Å². The quantitative estimate of drug-likeness (QED) is 0.856. The Kier molecular flexibility index (Phi) is 5.55. The van der Waals surface area contributed by atoms with Gasteiger partial charge in [0.1, 0.15) is 0 Å². The first-order valence-corrected chi connectivity index (χ1v) is 6.44. The molecule has 0 spiro atoms. The maximum Gasteiger partial charge on any atom is 0.303 e. The summed E-state index contributed by atoms with van der Waals surface area (Å²) in [5, 5.41) is 8.97. The van der Waals surface area contributed by atoms with E-state index in [0.717, 1.165) is 12.0 Å². The van der Waals surface area contributed by atoms with Crippen LogP contribution < -0.4 is 0 Å². The molecule has 0 aliphatic rings. The van der Waals surface area contributed by atoms with Gasteiger partial charge in [-0.1, -0.05) is 31.2 Å². The molecule has 1 unspecified atom stereocenters. The molecule has 0 saturated carbocycles. The number of aliphatic carboxylic acids is 1. The smallest absolute Gasteiger partial charge is 0.303 e. The van der Waals surface area contributed by atoms with Crippen molar-refractivity contribution in [3.63, 3.8) is 0 Å². The van der Waals surface area contributed by atoms with Crippen molar-refractivity contribution in [2.45, 2.75) is 32.1 Å². The summed E-state index contributed by atoms with van der Waals surface area (Å²) in [6.45, 7) is 2.07. The van der Waals surface area contributed by atoms with Gasteiger partial charge in [-0.3, -0.25) is 9.59 Å². The van der Waals surface area contributed by atoms with Gasteiger partial charge in [-0.2, -0.15) is 0 Å². The molecule has 4 nitrogen and oxygen atoms in total. The Labute approximate surface area is 114 Å². The maximum atomic E-state index is 11.8. The van der Waals surface area contributed by atoms with Crippen molar-refractivity contribution in [1.82, 2.24) is 4.90 Å². The summed E-state index contributed by atoms with van der Waals surface area (Å²) in [5.41, 5.74) is 2.12. The molecule has 0 aliphatic heterocycles. The topological polar surface area (TPSA) is 57.6 Å². The largest absolute Gasteiger partial charge is 0.481 e. The lowest BCUT2D eigenvalue weighted by atomic mass is 9.91. The van der Waals surface area contributed by atoms with Gasteiger partial charge in [0, 0.05) is 26.4 Å². The molecule has 19 heavy (non-hydrogen) atoms. The van der Waals surface area contributed by atoms with Crippen LogP contribution >= 0.6 is 0 Å². The average molecular weight is 263 g/mol. The number of rotatable bonds is 6. The van der Waals surface area contributed by atoms with Crippen LogP contribution in [0.15, 0.2) is 24.3 Å². The van der Waals surface area contributed by atoms with Crippen LogP contribution in [-0.4, -0.2) is 36.0 Å². The van der Waals surface area contributed by atoms with Crippen molar-refractivity contribution in [3.05, 3.63) is 35.4 Å². The highest BCUT2D eigenvalue weighted by atomic mass is 16.4. The van der Waals surface area contributed by atoms with Crippen molar-refractivity contribution in [2.24, 2.45) is 0 Å². The summed E-state index contributed by atoms with van der Waals surface area (Å²) >= 11 is 0. The molecule has 1 atom stereocenters. The summed E-state index contributed by atoms with van der Waals surface area (Å²) < 4.78 is 0. The SMILES string of the molecule is CCc1ccc(C(CC(=O)O)CC(=O)N(C)C)cc1. The molecule has 1 N–H and O–H groups in total. The van der Waals surface area contributed by atoms with Gasteiger partial charge in [-0.05, 0) is 17.5 Å². The Balaban J connectivity index is 2.88. The fraction of sp³-hybridized carbons (Fsp3) is 0.467. The van der Waals surface area contributed by atoms with Crippen LogP contribution in [0, 0.1) is 0 Å². The minimum Gasteiger partial charge on any atom is -0.481 e. The van der Waals surface area contributed by atoms with Crippen LogP contribution in [0.1, 0.15) is 36.8 Å². The number of hydrogen-bond donors (Lipinski definition) is 1. The van der Waals surface area contributed by atoms with Crippen molar-refractivity contribution < 1.29 is 14.7 Å². The van der Waals surface area contributed by atoms with Gasteiger partial charge in [0.2, 0.25) is 5.91 Å². The molecule has 1 rings (SSSR count). The van der Waals surface area contributed by atoms with E-state index >= 15 is 0 Å². The van der Waals surface area contributed by atoms with E-state index in [0.29, 0.717) is 0 Å². The molecule has 1 aromatic carbocycles. The van der Waals surface area contributed by atoms with Crippen LogP contribution in [0.4, 0.5) is 0 Å². The van der Waals surface area contributed by atoms with Gasteiger partial charge in [-0.25, -0.2) is 0 Å². The minimum absolute atomic E-state index is 0.0228. The first kappa shape index (κ1) is 15.2. The van der Waals surface area contributed by atoms with Gasteiger partial charge < -0.3 is 10.0 Å². The van der Waals surface area contributed by atoms with E-state index in [-0.39, 0.29) is 24.7 Å². The molecule has 0 bridgehead atoms. The fourth-order valence-electron chi connectivity index (χ4n) is 1.94. The number of carboxylic acid groups (broad SMARTS) is 1. The second-order valence-corrected chi connectivity index (χ2v) is 4.88. The van der Waals surface area contributed by atoms with Gasteiger partial charge in [0.25, 0.3) is 0 Å². The third-order valence-corrected chi connectivity index (χ3v) is 3.20. The van der Waals surface area contributed by atoms with Crippen molar-refractivity contribution in [1.29, 1.82) is 0 Å². The van der Waals surface area contributed by atoms with Crippen LogP contribution in [0.3, 0.4) is 0 Å². The molecule has 104 valence electrons. The summed E-state index contributed by atoms with van der Waals surface area (Å²) in [4.78, 5) is 24.2. The Hall–Kier alpha value is -1.84. The Morgan fingerprint density at radius 1 is 1.16 bits per heavy atom. The first-order chi connectivity index (χ1) is 8.93. The number of nitrogens with zero attached hydrogens (tertiary/aromatic N) is 1. The Bertz CT molecular complexity index is 437. The molecular formula is C15H21NO3. The number of carbonyl (C=O) groups excluding carboxylic acids is 1. The van der Waals surface area contributed by atoms with E-state index < -0.39 is 5.97 Å². The Morgan fingerprint density at radius 2 is 1.74 bits per heavy atom. The molecule has 1 amide bonds. The highest BCUT2D eigenvalue weighted by Crippen LogP contribution is 2.24. The van der Waals surface area contributed by atoms with Crippen molar-refractivity contribution in [2.75, 3.05) is 14.1 Å². The predicted molar refractivity (Wildman–Crippen MR) is 74.1 cm³/mol. The lowest BCUT2D eigenvalue weighted by molar-refractivity contribution is -0.137. The third kappa shape index (κ3) is 4.73. The van der Waals surface area contributed by atoms with Gasteiger partial charge in [0.05, 0.1) is 6.42 Å². The summed E-state index contributed by atoms with van der Waals surface area (Å²) in [6.07, 6.45) is 1.15. The zero-order chi connectivity index (χ0) is 14.4. The molecule has 0 aliphatic carbocycles. The lowest BCUT2D eigenvalue weighted by Crippen LogP contribution is -2.24. The van der Waals surface area contributed by atoms with Crippen LogP contribution in [0.25, 0.3) is 0 Å². The van der Waals surface area contributed by atoms with E-state index in [2.05, 4.69) is 6.92 Å². The van der Waals surface area contributed by atoms with E-state index in [1.54, 1.807) is 14.1 Å². The third-order valence-electron chi connectivity index (χ3n) is 3.20. The second-order valence-electron chi connectivity index (χ2n) is 4.88. The number of aryl methyl sites for hydroxylation is 1. The molecule has 0 aromatic heterocycles. The number of amides is 1. The van der Waals surface area contributed by atoms with E-state index in [9.17, 15) is 9.59 Å². The summed E-state index contributed by atoms with van der Waals surface area (Å²) in [7, 11) is 3.36. The number of carboxylic acids is 1. The highest BCUT2D eigenvalue weighted by molar-refractivity contribution is 5.78. The molecular weight excluding hydrogens is 242 g/mol. The monoisotopic (exact) mass is 263 g/mol. The molecule has 0 fully saturated rings. The zero-order valence-corrected chi connectivity index (χ0v) is 11.7. The zero-order valence-electron chi connectivity index (χ0n) is 11.7. The Morgan fingerprint density at radius 3 is 2.16 bits per heavy atom. The normalized spacial score (nSPS) is 11.9. The second kappa shape index (κ2) is 6.92. The number of hydrogen-bond acceptors (Lipinski definition) is 2. The van der Waals surface area contributed by atoms with Gasteiger partial charge >= 0.3 is 5.97 Å². The summed E-state index contributed by atoms with van der Waals surface area (Å²) in [6, 6.07) is 7.83. The molecule has 1 aromatic rings. The van der Waals surface area contributed by atoms with Crippen LogP contribution in [0.5, 0.6) is 0 Å². The van der Waals surface area contributed by atoms with Crippen LogP contribution in [0.2, 0.25) is 0 Å². The average Bonchev–Trinajstić information content (AvgIpc) is 2.37. The standard InChI is InChI=1S/C15H21NO3/c1-4-11-5-7-12(8-6-11)13(10-15(18)19)9-14(17)16(2)3/h5-8,13H,4,9-10H2,1-3H3,(H,18,19). The van der Waals surface area contributed by atoms with E-state index in [1.165, 1.54) is 10.5 Å². The van der Waals surface area contributed by atoms with Crippen molar-refractivity contribution >= 4 is 11.9 Å². The van der Waals surface area contributed by atoms with E-state index in [4.69, 9.17) is 5.11 Å².